The number of hydrogen-bond acceptors (Lipinski definition) is 6. The van der Waals surface area contributed by atoms with E-state index in [9.17, 15) is 8.42 Å². The van der Waals surface area contributed by atoms with E-state index >= 15 is 0 Å². The molecule has 1 saturated carbocycles. The van der Waals surface area contributed by atoms with Crippen LogP contribution in [-0.2, 0) is 14.8 Å². The molecule has 29 heavy (non-hydrogen) atoms. The molecule has 164 valence electrons. The van der Waals surface area contributed by atoms with Crippen molar-refractivity contribution >= 4 is 21.5 Å². The van der Waals surface area contributed by atoms with E-state index in [0.29, 0.717) is 5.92 Å². The first-order chi connectivity index (χ1) is 13.6. The summed E-state index contributed by atoms with van der Waals surface area (Å²) in [6, 6.07) is 4.22. The minimum Gasteiger partial charge on any atom is -0.384 e. The molecule has 1 aromatic heterocycles. The lowest BCUT2D eigenvalue weighted by molar-refractivity contribution is 0.0529. The van der Waals surface area contributed by atoms with Crippen molar-refractivity contribution in [3.8, 4) is 0 Å². The maximum Gasteiger partial charge on any atom is 0.216 e. The van der Waals surface area contributed by atoms with Gasteiger partial charge in [0, 0.05) is 25.7 Å². The summed E-state index contributed by atoms with van der Waals surface area (Å²) in [6.45, 7) is 10.7. The SMILES string of the molecule is C[C@@H]1CN(c2ccc(NCC3CCC(NS(=O)(=O)C(C)(C)C)CC3)cn2)CCO1. The third kappa shape index (κ3) is 6.06. The van der Waals surface area contributed by atoms with E-state index in [2.05, 4.69) is 39.0 Å². The van der Waals surface area contributed by atoms with Crippen molar-refractivity contribution in [2.45, 2.75) is 70.3 Å². The van der Waals surface area contributed by atoms with Crippen molar-refractivity contribution in [1.29, 1.82) is 0 Å². The Morgan fingerprint density at radius 1 is 1.21 bits per heavy atom. The van der Waals surface area contributed by atoms with Gasteiger partial charge in [-0.05, 0) is 71.4 Å². The summed E-state index contributed by atoms with van der Waals surface area (Å²) in [5, 5.41) is 3.50. The third-order valence-electron chi connectivity index (χ3n) is 5.88. The highest BCUT2D eigenvalue weighted by atomic mass is 32.2. The van der Waals surface area contributed by atoms with Crippen LogP contribution in [0.4, 0.5) is 11.5 Å². The Bertz CT molecular complexity index is 753. The maximum atomic E-state index is 12.3. The summed E-state index contributed by atoms with van der Waals surface area (Å²) in [4.78, 5) is 6.87. The molecule has 2 heterocycles. The number of aromatic nitrogens is 1. The molecule has 2 aliphatic rings. The van der Waals surface area contributed by atoms with Crippen LogP contribution in [0.3, 0.4) is 0 Å². The van der Waals surface area contributed by atoms with Crippen molar-refractivity contribution in [3.05, 3.63) is 18.3 Å². The van der Waals surface area contributed by atoms with Crippen molar-refractivity contribution in [2.75, 3.05) is 36.5 Å². The highest BCUT2D eigenvalue weighted by molar-refractivity contribution is 7.90. The quantitative estimate of drug-likeness (QED) is 0.730. The summed E-state index contributed by atoms with van der Waals surface area (Å²) in [7, 11) is -3.27. The molecule has 1 aromatic rings. The van der Waals surface area contributed by atoms with E-state index in [0.717, 1.165) is 63.4 Å². The second-order valence-corrected chi connectivity index (χ2v) is 11.8. The molecule has 7 nitrogen and oxygen atoms in total. The lowest BCUT2D eigenvalue weighted by Crippen LogP contribution is -2.46. The lowest BCUT2D eigenvalue weighted by Gasteiger charge is -2.32. The zero-order valence-electron chi connectivity index (χ0n) is 18.1. The van der Waals surface area contributed by atoms with Crippen LogP contribution >= 0.6 is 0 Å². The van der Waals surface area contributed by atoms with Gasteiger partial charge in [0.15, 0.2) is 0 Å². The van der Waals surface area contributed by atoms with Crippen LogP contribution in [0.2, 0.25) is 0 Å². The molecule has 1 atom stereocenters. The molecule has 3 rings (SSSR count). The van der Waals surface area contributed by atoms with Crippen LogP contribution in [0.15, 0.2) is 18.3 Å². The van der Waals surface area contributed by atoms with Gasteiger partial charge in [-0.3, -0.25) is 0 Å². The number of anilines is 2. The Morgan fingerprint density at radius 2 is 1.93 bits per heavy atom. The molecule has 1 aliphatic carbocycles. The Kier molecular flexibility index (Phi) is 7.06. The summed E-state index contributed by atoms with van der Waals surface area (Å²) in [5.74, 6) is 1.56. The zero-order chi connectivity index (χ0) is 21.1. The van der Waals surface area contributed by atoms with E-state index in [1.807, 2.05) is 6.20 Å². The minimum absolute atomic E-state index is 0.0624. The second kappa shape index (κ2) is 9.18. The van der Waals surface area contributed by atoms with Crippen molar-refractivity contribution < 1.29 is 13.2 Å². The number of rotatable bonds is 6. The number of nitrogens with zero attached hydrogens (tertiary/aromatic N) is 2. The van der Waals surface area contributed by atoms with Gasteiger partial charge in [-0.15, -0.1) is 0 Å². The van der Waals surface area contributed by atoms with Crippen LogP contribution < -0.4 is 14.9 Å². The summed E-state index contributed by atoms with van der Waals surface area (Å²) in [6.07, 6.45) is 6.00. The second-order valence-electron chi connectivity index (χ2n) is 9.36. The Labute approximate surface area is 175 Å². The van der Waals surface area contributed by atoms with Crippen molar-refractivity contribution in [3.63, 3.8) is 0 Å². The normalized spacial score (nSPS) is 26.3. The highest BCUT2D eigenvalue weighted by Gasteiger charge is 2.32. The Hall–Kier alpha value is -1.38. The van der Waals surface area contributed by atoms with E-state index in [1.165, 1.54) is 0 Å². The topological polar surface area (TPSA) is 83.6 Å². The molecule has 0 radical (unpaired) electrons. The van der Waals surface area contributed by atoms with E-state index in [-0.39, 0.29) is 12.1 Å². The molecule has 0 spiro atoms. The first-order valence-corrected chi connectivity index (χ1v) is 12.2. The van der Waals surface area contributed by atoms with Gasteiger partial charge in [0.2, 0.25) is 10.0 Å². The number of morpholine rings is 1. The lowest BCUT2D eigenvalue weighted by atomic mass is 9.86. The fraction of sp³-hybridized carbons (Fsp3) is 0.762. The molecule has 1 saturated heterocycles. The first-order valence-electron chi connectivity index (χ1n) is 10.7. The fourth-order valence-corrected chi connectivity index (χ4v) is 4.88. The highest BCUT2D eigenvalue weighted by Crippen LogP contribution is 2.27. The van der Waals surface area contributed by atoms with E-state index in [4.69, 9.17) is 4.74 Å². The molecule has 0 bridgehead atoms. The fourth-order valence-electron chi connectivity index (χ4n) is 3.85. The van der Waals surface area contributed by atoms with Gasteiger partial charge < -0.3 is 15.0 Å². The number of ether oxygens (including phenoxy) is 1. The van der Waals surface area contributed by atoms with Crippen LogP contribution in [0, 0.1) is 5.92 Å². The van der Waals surface area contributed by atoms with Crippen LogP contribution in [0.5, 0.6) is 0 Å². The van der Waals surface area contributed by atoms with Gasteiger partial charge in [-0.25, -0.2) is 18.1 Å². The molecular weight excluding hydrogens is 388 g/mol. The van der Waals surface area contributed by atoms with Crippen LogP contribution in [0.1, 0.15) is 53.4 Å². The monoisotopic (exact) mass is 424 g/mol. The molecule has 2 N–H and O–H groups in total. The zero-order valence-corrected chi connectivity index (χ0v) is 19.0. The molecule has 0 aromatic carbocycles. The summed E-state index contributed by atoms with van der Waals surface area (Å²) in [5.41, 5.74) is 1.03. The number of hydrogen-bond donors (Lipinski definition) is 2. The number of sulfonamides is 1. The van der Waals surface area contributed by atoms with Gasteiger partial charge in [-0.1, -0.05) is 0 Å². The van der Waals surface area contributed by atoms with E-state index < -0.39 is 14.8 Å². The summed E-state index contributed by atoms with van der Waals surface area (Å²) >= 11 is 0. The predicted molar refractivity (Wildman–Crippen MR) is 118 cm³/mol. The standard InChI is InChI=1S/C21H36N4O3S/c1-16-15-25(11-12-28-16)20-10-9-19(14-23-20)22-13-17-5-7-18(8-6-17)24-29(26,27)21(2,3)4/h9-10,14,16-18,22,24H,5-8,11-13,15H2,1-4H3/t16-,17?,18?/m1/s1. The average Bonchev–Trinajstić information content (AvgIpc) is 2.67. The molecule has 2 fully saturated rings. The van der Waals surface area contributed by atoms with Crippen LogP contribution in [0.25, 0.3) is 0 Å². The third-order valence-corrected chi connectivity index (χ3v) is 8.14. The Morgan fingerprint density at radius 3 is 2.52 bits per heavy atom. The first kappa shape index (κ1) is 22.3. The number of pyridine rings is 1. The van der Waals surface area contributed by atoms with Crippen molar-refractivity contribution in [1.82, 2.24) is 9.71 Å². The Balaban J connectivity index is 1.42. The van der Waals surface area contributed by atoms with Gasteiger partial charge in [0.25, 0.3) is 0 Å². The molecule has 0 unspecified atom stereocenters. The molecular formula is C21H36N4O3S. The van der Waals surface area contributed by atoms with Crippen LogP contribution in [-0.4, -0.2) is 56.5 Å². The predicted octanol–water partition coefficient (Wildman–Crippen LogP) is 3.00. The maximum absolute atomic E-state index is 12.3. The van der Waals surface area contributed by atoms with Gasteiger partial charge in [0.05, 0.1) is 29.3 Å². The molecule has 8 heteroatoms. The number of nitrogens with one attached hydrogen (secondary N) is 2. The van der Waals surface area contributed by atoms with Gasteiger partial charge in [0.1, 0.15) is 5.82 Å². The van der Waals surface area contributed by atoms with Gasteiger partial charge in [-0.2, -0.15) is 0 Å². The van der Waals surface area contributed by atoms with Crippen molar-refractivity contribution in [2.24, 2.45) is 5.92 Å². The smallest absolute Gasteiger partial charge is 0.216 e. The largest absolute Gasteiger partial charge is 0.384 e. The molecule has 0 amide bonds. The van der Waals surface area contributed by atoms with E-state index in [1.54, 1.807) is 20.8 Å². The molecule has 1 aliphatic heterocycles. The minimum atomic E-state index is -3.27. The summed E-state index contributed by atoms with van der Waals surface area (Å²) < 4.78 is 32.4. The average molecular weight is 425 g/mol. The van der Waals surface area contributed by atoms with Gasteiger partial charge >= 0.3 is 0 Å².